The predicted octanol–water partition coefficient (Wildman–Crippen LogP) is 1.63. The van der Waals surface area contributed by atoms with E-state index in [-0.39, 0.29) is 18.0 Å². The summed E-state index contributed by atoms with van der Waals surface area (Å²) in [6.45, 7) is 1.80. The molecule has 0 aromatic heterocycles. The molecule has 0 bridgehead atoms. The van der Waals surface area contributed by atoms with Crippen LogP contribution >= 0.6 is 0 Å². The van der Waals surface area contributed by atoms with Gasteiger partial charge in [0, 0.05) is 12.3 Å². The van der Waals surface area contributed by atoms with Crippen LogP contribution in [-0.4, -0.2) is 26.0 Å². The molecule has 1 atom stereocenters. The zero-order valence-electron chi connectivity index (χ0n) is 9.06. The van der Waals surface area contributed by atoms with Crippen LogP contribution in [0.15, 0.2) is 24.3 Å². The van der Waals surface area contributed by atoms with Crippen LogP contribution in [0.5, 0.6) is 0 Å². The Bertz CT molecular complexity index is 322. The van der Waals surface area contributed by atoms with Crippen molar-refractivity contribution in [1.82, 2.24) is 0 Å². The number of ether oxygens (including phenoxy) is 2. The maximum Gasteiger partial charge on any atom is 0.158 e. The van der Waals surface area contributed by atoms with Crippen molar-refractivity contribution in [2.45, 2.75) is 18.6 Å². The summed E-state index contributed by atoms with van der Waals surface area (Å²) in [5.74, 6) is -0.0726. The zero-order valence-corrected chi connectivity index (χ0v) is 9.06. The van der Waals surface area contributed by atoms with Gasteiger partial charge in [0.05, 0.1) is 13.2 Å². The van der Waals surface area contributed by atoms with E-state index in [0.717, 1.165) is 12.0 Å². The lowest BCUT2D eigenvalue weighted by Gasteiger charge is -2.18. The van der Waals surface area contributed by atoms with Crippen LogP contribution in [0.1, 0.15) is 17.9 Å². The topological polar surface area (TPSA) is 44.5 Å². The van der Waals surface area contributed by atoms with Gasteiger partial charge in [0.25, 0.3) is 0 Å². The van der Waals surface area contributed by atoms with Gasteiger partial charge >= 0.3 is 0 Å². The molecule has 1 fully saturated rings. The molecule has 2 N–H and O–H groups in total. The first-order valence-electron chi connectivity index (χ1n) is 5.48. The van der Waals surface area contributed by atoms with E-state index in [2.05, 4.69) is 0 Å². The molecule has 1 aliphatic heterocycles. The molecular weight excluding hydrogens is 209 g/mol. The van der Waals surface area contributed by atoms with Crippen molar-refractivity contribution in [3.05, 3.63) is 35.6 Å². The first kappa shape index (κ1) is 11.5. The molecule has 1 heterocycles. The van der Waals surface area contributed by atoms with Crippen molar-refractivity contribution in [1.29, 1.82) is 0 Å². The van der Waals surface area contributed by atoms with Gasteiger partial charge in [-0.2, -0.15) is 0 Å². The molecule has 0 amide bonds. The van der Waals surface area contributed by atoms with Gasteiger partial charge in [0.2, 0.25) is 0 Å². The van der Waals surface area contributed by atoms with Gasteiger partial charge in [-0.1, -0.05) is 12.1 Å². The first-order chi connectivity index (χ1) is 7.79. The van der Waals surface area contributed by atoms with Crippen LogP contribution in [0.3, 0.4) is 0 Å². The summed E-state index contributed by atoms with van der Waals surface area (Å²) < 4.78 is 23.5. The molecule has 4 heteroatoms. The number of hydrogen-bond acceptors (Lipinski definition) is 3. The Kier molecular flexibility index (Phi) is 3.88. The molecule has 16 heavy (non-hydrogen) atoms. The summed E-state index contributed by atoms with van der Waals surface area (Å²) >= 11 is 0. The van der Waals surface area contributed by atoms with E-state index in [0.29, 0.717) is 19.8 Å². The average Bonchev–Trinajstić information content (AvgIpc) is 2.80. The molecule has 2 rings (SSSR count). The number of nitrogens with two attached hydrogens (primary N) is 1. The van der Waals surface area contributed by atoms with E-state index in [9.17, 15) is 4.39 Å². The third-order valence-electron chi connectivity index (χ3n) is 2.79. The molecule has 1 saturated heterocycles. The fourth-order valence-electron chi connectivity index (χ4n) is 1.88. The van der Waals surface area contributed by atoms with Gasteiger partial charge in [0.15, 0.2) is 6.29 Å². The lowest BCUT2D eigenvalue weighted by molar-refractivity contribution is -0.0506. The quantitative estimate of drug-likeness (QED) is 0.847. The third kappa shape index (κ3) is 2.78. The summed E-state index contributed by atoms with van der Waals surface area (Å²) in [6, 6.07) is 6.44. The van der Waals surface area contributed by atoms with Crippen LogP contribution < -0.4 is 5.73 Å². The maximum absolute atomic E-state index is 12.8. The van der Waals surface area contributed by atoms with Gasteiger partial charge in [0.1, 0.15) is 5.82 Å². The highest BCUT2D eigenvalue weighted by atomic mass is 19.1. The number of benzene rings is 1. The summed E-state index contributed by atoms with van der Waals surface area (Å²) in [7, 11) is 0. The minimum atomic E-state index is -0.229. The highest BCUT2D eigenvalue weighted by Crippen LogP contribution is 2.23. The van der Waals surface area contributed by atoms with Crippen molar-refractivity contribution in [2.24, 2.45) is 5.73 Å². The molecule has 0 aliphatic carbocycles. The second-order valence-corrected chi connectivity index (χ2v) is 3.89. The third-order valence-corrected chi connectivity index (χ3v) is 2.79. The van der Waals surface area contributed by atoms with Crippen LogP contribution in [-0.2, 0) is 9.47 Å². The highest BCUT2D eigenvalue weighted by Gasteiger charge is 2.21. The van der Waals surface area contributed by atoms with E-state index in [4.69, 9.17) is 15.2 Å². The monoisotopic (exact) mass is 225 g/mol. The molecular formula is C12H16FNO2. The molecule has 0 spiro atoms. The van der Waals surface area contributed by atoms with Crippen molar-refractivity contribution >= 4 is 0 Å². The van der Waals surface area contributed by atoms with E-state index < -0.39 is 0 Å². The lowest BCUT2D eigenvalue weighted by atomic mass is 9.95. The predicted molar refractivity (Wildman–Crippen MR) is 58.5 cm³/mol. The zero-order chi connectivity index (χ0) is 11.4. The van der Waals surface area contributed by atoms with Crippen LogP contribution in [0.2, 0.25) is 0 Å². The molecule has 88 valence electrons. The van der Waals surface area contributed by atoms with Crippen LogP contribution in [0.25, 0.3) is 0 Å². The minimum Gasteiger partial charge on any atom is -0.350 e. The number of hydrogen-bond donors (Lipinski definition) is 1. The standard InChI is InChI=1S/C12H16FNO2/c13-11-3-1-9(2-4-11)10(8-14)7-12-15-5-6-16-12/h1-4,10,12H,5-8,14H2. The number of halogens is 1. The second kappa shape index (κ2) is 5.39. The summed E-state index contributed by atoms with van der Waals surface area (Å²) in [5.41, 5.74) is 6.75. The fraction of sp³-hybridized carbons (Fsp3) is 0.500. The van der Waals surface area contributed by atoms with E-state index in [1.165, 1.54) is 12.1 Å². The van der Waals surface area contributed by atoms with Crippen LogP contribution in [0, 0.1) is 5.82 Å². The Morgan fingerprint density at radius 1 is 1.25 bits per heavy atom. The van der Waals surface area contributed by atoms with Crippen molar-refractivity contribution in [3.8, 4) is 0 Å². The Morgan fingerprint density at radius 3 is 2.44 bits per heavy atom. The Morgan fingerprint density at radius 2 is 1.88 bits per heavy atom. The molecule has 1 aliphatic rings. The van der Waals surface area contributed by atoms with Gasteiger partial charge in [-0.25, -0.2) is 4.39 Å². The molecule has 1 unspecified atom stereocenters. The Hall–Kier alpha value is -0.970. The molecule has 0 radical (unpaired) electrons. The van der Waals surface area contributed by atoms with Crippen molar-refractivity contribution < 1.29 is 13.9 Å². The fourth-order valence-corrected chi connectivity index (χ4v) is 1.88. The molecule has 1 aromatic rings. The van der Waals surface area contributed by atoms with Crippen molar-refractivity contribution in [2.75, 3.05) is 19.8 Å². The van der Waals surface area contributed by atoms with E-state index >= 15 is 0 Å². The first-order valence-corrected chi connectivity index (χ1v) is 5.48. The molecule has 3 nitrogen and oxygen atoms in total. The van der Waals surface area contributed by atoms with Gasteiger partial charge in [-0.05, 0) is 24.2 Å². The Labute approximate surface area is 94.3 Å². The van der Waals surface area contributed by atoms with Crippen LogP contribution in [0.4, 0.5) is 4.39 Å². The smallest absolute Gasteiger partial charge is 0.158 e. The SMILES string of the molecule is NCC(CC1OCCO1)c1ccc(F)cc1. The minimum absolute atomic E-state index is 0.156. The summed E-state index contributed by atoms with van der Waals surface area (Å²) in [6.07, 6.45) is 0.556. The summed E-state index contributed by atoms with van der Waals surface area (Å²) in [5, 5.41) is 0. The highest BCUT2D eigenvalue weighted by molar-refractivity contribution is 5.20. The van der Waals surface area contributed by atoms with Gasteiger partial charge < -0.3 is 15.2 Å². The molecule has 1 aromatic carbocycles. The second-order valence-electron chi connectivity index (χ2n) is 3.89. The maximum atomic E-state index is 12.8. The number of rotatable bonds is 4. The largest absolute Gasteiger partial charge is 0.350 e. The normalized spacial score (nSPS) is 18.9. The van der Waals surface area contributed by atoms with E-state index in [1.54, 1.807) is 12.1 Å². The van der Waals surface area contributed by atoms with E-state index in [1.807, 2.05) is 0 Å². The lowest BCUT2D eigenvalue weighted by Crippen LogP contribution is -2.20. The molecule has 0 saturated carbocycles. The van der Waals surface area contributed by atoms with Gasteiger partial charge in [-0.3, -0.25) is 0 Å². The Balaban J connectivity index is 2.00. The average molecular weight is 225 g/mol. The van der Waals surface area contributed by atoms with Gasteiger partial charge in [-0.15, -0.1) is 0 Å². The van der Waals surface area contributed by atoms with Crippen molar-refractivity contribution in [3.63, 3.8) is 0 Å². The summed E-state index contributed by atoms with van der Waals surface area (Å²) in [4.78, 5) is 0.